The van der Waals surface area contributed by atoms with E-state index in [0.717, 1.165) is 25.2 Å². The van der Waals surface area contributed by atoms with Crippen LogP contribution in [0, 0.1) is 0 Å². The molecular weight excluding hydrogens is 318 g/mol. The van der Waals surface area contributed by atoms with Crippen LogP contribution < -0.4 is 15.0 Å². The maximum Gasteiger partial charge on any atom is 0.260 e. The first-order valence-electron chi connectivity index (χ1n) is 7.53. The van der Waals surface area contributed by atoms with Gasteiger partial charge in [-0.05, 0) is 37.7 Å². The summed E-state index contributed by atoms with van der Waals surface area (Å²) < 4.78 is 5.50. The normalized spacial score (nSPS) is 13.7. The average molecular weight is 342 g/mol. The highest BCUT2D eigenvalue weighted by Gasteiger charge is 2.21. The summed E-state index contributed by atoms with van der Waals surface area (Å²) in [6, 6.07) is 7.30. The Morgan fingerprint density at radius 1 is 1.35 bits per heavy atom. The fourth-order valence-corrected chi connectivity index (χ4v) is 2.30. The van der Waals surface area contributed by atoms with E-state index in [2.05, 4.69) is 5.32 Å². The number of hydrogen-bond donors (Lipinski definition) is 1. The summed E-state index contributed by atoms with van der Waals surface area (Å²) in [6.07, 6.45) is 1.52. The van der Waals surface area contributed by atoms with Gasteiger partial charge in [0.1, 0.15) is 5.75 Å². The quantitative estimate of drug-likeness (QED) is 0.812. The Labute approximate surface area is 143 Å². The molecule has 0 aliphatic carbocycles. The molecule has 1 aliphatic rings. The van der Waals surface area contributed by atoms with Gasteiger partial charge in [-0.1, -0.05) is 0 Å². The molecule has 0 aromatic heterocycles. The summed E-state index contributed by atoms with van der Waals surface area (Å²) in [7, 11) is 3.60. The van der Waals surface area contributed by atoms with Crippen molar-refractivity contribution >= 4 is 29.9 Å². The van der Waals surface area contributed by atoms with Crippen molar-refractivity contribution in [3.05, 3.63) is 24.3 Å². The van der Waals surface area contributed by atoms with Crippen molar-refractivity contribution in [2.75, 3.05) is 45.2 Å². The average Bonchev–Trinajstić information content (AvgIpc) is 2.96. The molecule has 1 fully saturated rings. The van der Waals surface area contributed by atoms with E-state index in [9.17, 15) is 9.59 Å². The van der Waals surface area contributed by atoms with E-state index in [0.29, 0.717) is 18.7 Å². The zero-order valence-electron chi connectivity index (χ0n) is 13.6. The summed E-state index contributed by atoms with van der Waals surface area (Å²) in [5, 5.41) is 3.00. The smallest absolute Gasteiger partial charge is 0.260 e. The highest BCUT2D eigenvalue weighted by atomic mass is 35.5. The van der Waals surface area contributed by atoms with Crippen LogP contribution in [0.2, 0.25) is 0 Å². The lowest BCUT2D eigenvalue weighted by Crippen LogP contribution is -2.35. The first-order chi connectivity index (χ1) is 10.6. The van der Waals surface area contributed by atoms with Gasteiger partial charge in [0.2, 0.25) is 5.91 Å². The van der Waals surface area contributed by atoms with Crippen molar-refractivity contribution in [3.63, 3.8) is 0 Å². The standard InChI is InChI=1S/C16H23N3O3.ClH/c1-17-9-11-18(2)16(21)12-22-14-7-5-13(6-8-14)19-10-3-4-15(19)20;/h5-8,17H,3-4,9-12H2,1-2H3;1H. The Morgan fingerprint density at radius 2 is 2.04 bits per heavy atom. The lowest BCUT2D eigenvalue weighted by atomic mass is 10.3. The number of anilines is 1. The van der Waals surface area contributed by atoms with Crippen LogP contribution in [-0.4, -0.2) is 57.1 Å². The molecule has 6 nitrogen and oxygen atoms in total. The molecule has 1 heterocycles. The van der Waals surface area contributed by atoms with E-state index in [1.54, 1.807) is 29.0 Å². The molecule has 1 aliphatic heterocycles. The van der Waals surface area contributed by atoms with Crippen molar-refractivity contribution in [3.8, 4) is 5.75 Å². The first kappa shape index (κ1) is 19.3. The van der Waals surface area contributed by atoms with Crippen LogP contribution in [0.5, 0.6) is 5.75 Å². The number of hydrogen-bond acceptors (Lipinski definition) is 4. The summed E-state index contributed by atoms with van der Waals surface area (Å²) in [5.74, 6) is 0.731. The molecule has 1 N–H and O–H groups in total. The fraction of sp³-hybridized carbons (Fsp3) is 0.500. The molecule has 7 heteroatoms. The molecule has 2 amide bonds. The number of carbonyl (C=O) groups is 2. The highest BCUT2D eigenvalue weighted by Crippen LogP contribution is 2.23. The highest BCUT2D eigenvalue weighted by molar-refractivity contribution is 5.95. The molecule has 2 rings (SSSR count). The molecule has 0 spiro atoms. The topological polar surface area (TPSA) is 61.9 Å². The number of nitrogens with zero attached hydrogens (tertiary/aromatic N) is 2. The summed E-state index contributed by atoms with van der Waals surface area (Å²) in [5.41, 5.74) is 0.882. The van der Waals surface area contributed by atoms with Gasteiger partial charge in [0.15, 0.2) is 6.61 Å². The minimum absolute atomic E-state index is 0. The van der Waals surface area contributed by atoms with Gasteiger partial charge in [-0.15, -0.1) is 12.4 Å². The molecule has 0 radical (unpaired) electrons. The molecule has 1 aromatic rings. The van der Waals surface area contributed by atoms with Crippen LogP contribution in [0.1, 0.15) is 12.8 Å². The van der Waals surface area contributed by atoms with Crippen molar-refractivity contribution < 1.29 is 14.3 Å². The minimum Gasteiger partial charge on any atom is -0.484 e. The molecule has 0 bridgehead atoms. The number of likely N-dealkylation sites (N-methyl/N-ethyl adjacent to an activating group) is 2. The van der Waals surface area contributed by atoms with E-state index >= 15 is 0 Å². The Morgan fingerprint density at radius 3 is 2.61 bits per heavy atom. The van der Waals surface area contributed by atoms with Crippen LogP contribution >= 0.6 is 12.4 Å². The molecule has 1 aromatic carbocycles. The number of benzene rings is 1. The minimum atomic E-state index is -0.0611. The van der Waals surface area contributed by atoms with E-state index in [4.69, 9.17) is 4.74 Å². The summed E-state index contributed by atoms with van der Waals surface area (Å²) in [4.78, 5) is 26.9. The fourth-order valence-electron chi connectivity index (χ4n) is 2.30. The summed E-state index contributed by atoms with van der Waals surface area (Å²) in [6.45, 7) is 2.19. The van der Waals surface area contributed by atoms with Gasteiger partial charge in [-0.25, -0.2) is 0 Å². The van der Waals surface area contributed by atoms with E-state index < -0.39 is 0 Å². The lowest BCUT2D eigenvalue weighted by molar-refractivity contribution is -0.132. The van der Waals surface area contributed by atoms with Gasteiger partial charge in [0.05, 0.1) is 0 Å². The zero-order chi connectivity index (χ0) is 15.9. The van der Waals surface area contributed by atoms with Crippen molar-refractivity contribution in [1.29, 1.82) is 0 Å². The van der Waals surface area contributed by atoms with E-state index in [1.807, 2.05) is 19.2 Å². The zero-order valence-corrected chi connectivity index (χ0v) is 14.4. The van der Waals surface area contributed by atoms with Gasteiger partial charge in [0, 0.05) is 38.8 Å². The SMILES string of the molecule is CNCCN(C)C(=O)COc1ccc(N2CCCC2=O)cc1.Cl. The van der Waals surface area contributed by atoms with Crippen LogP contribution in [0.3, 0.4) is 0 Å². The molecule has 0 atom stereocenters. The second-order valence-electron chi connectivity index (χ2n) is 5.35. The predicted octanol–water partition coefficient (Wildman–Crippen LogP) is 1.29. The number of amides is 2. The Bertz CT molecular complexity index is 522. The molecule has 23 heavy (non-hydrogen) atoms. The van der Waals surface area contributed by atoms with Gasteiger partial charge >= 0.3 is 0 Å². The first-order valence-corrected chi connectivity index (χ1v) is 7.53. The van der Waals surface area contributed by atoms with Gasteiger partial charge in [-0.2, -0.15) is 0 Å². The Kier molecular flexibility index (Phi) is 7.85. The third kappa shape index (κ3) is 5.41. The number of carbonyl (C=O) groups excluding carboxylic acids is 2. The maximum atomic E-state index is 11.9. The van der Waals surface area contributed by atoms with Crippen molar-refractivity contribution in [2.45, 2.75) is 12.8 Å². The number of rotatable bonds is 7. The number of ether oxygens (including phenoxy) is 1. The predicted molar refractivity (Wildman–Crippen MR) is 92.3 cm³/mol. The van der Waals surface area contributed by atoms with Crippen LogP contribution in [-0.2, 0) is 9.59 Å². The van der Waals surface area contributed by atoms with Crippen molar-refractivity contribution in [1.82, 2.24) is 10.2 Å². The molecule has 0 saturated carbocycles. The largest absolute Gasteiger partial charge is 0.484 e. The van der Waals surface area contributed by atoms with Gasteiger partial charge in [0.25, 0.3) is 5.91 Å². The van der Waals surface area contributed by atoms with E-state index in [1.165, 1.54) is 0 Å². The lowest BCUT2D eigenvalue weighted by Gasteiger charge is -2.18. The maximum absolute atomic E-state index is 11.9. The van der Waals surface area contributed by atoms with E-state index in [-0.39, 0.29) is 30.8 Å². The van der Waals surface area contributed by atoms with Gasteiger partial charge < -0.3 is 19.9 Å². The molecular formula is C16H24ClN3O3. The monoisotopic (exact) mass is 341 g/mol. The Hall–Kier alpha value is -1.79. The number of nitrogens with one attached hydrogen (secondary N) is 1. The number of halogens is 1. The second-order valence-corrected chi connectivity index (χ2v) is 5.35. The molecule has 128 valence electrons. The third-order valence-corrected chi connectivity index (χ3v) is 3.71. The van der Waals surface area contributed by atoms with Crippen LogP contribution in [0.15, 0.2) is 24.3 Å². The third-order valence-electron chi connectivity index (χ3n) is 3.71. The second kappa shape index (κ2) is 9.37. The molecule has 1 saturated heterocycles. The van der Waals surface area contributed by atoms with Crippen LogP contribution in [0.25, 0.3) is 0 Å². The van der Waals surface area contributed by atoms with Gasteiger partial charge in [-0.3, -0.25) is 9.59 Å². The summed E-state index contributed by atoms with van der Waals surface area (Å²) >= 11 is 0. The van der Waals surface area contributed by atoms with Crippen molar-refractivity contribution in [2.24, 2.45) is 0 Å². The van der Waals surface area contributed by atoms with Crippen LogP contribution in [0.4, 0.5) is 5.69 Å². The Balaban J connectivity index is 0.00000264. The molecule has 0 unspecified atom stereocenters.